The van der Waals surface area contributed by atoms with Crippen molar-refractivity contribution in [3.05, 3.63) is 71.3 Å². The first kappa shape index (κ1) is 15.8. The average molecular weight is 309 g/mol. The molecule has 0 aromatic heterocycles. The van der Waals surface area contributed by atoms with Crippen molar-refractivity contribution in [1.29, 1.82) is 0 Å². The first-order valence-electron chi connectivity index (χ1n) is 8.24. The van der Waals surface area contributed by atoms with Gasteiger partial charge in [0.25, 0.3) is 0 Å². The Morgan fingerprint density at radius 3 is 2.52 bits per heavy atom. The van der Waals surface area contributed by atoms with Gasteiger partial charge < -0.3 is 4.74 Å². The van der Waals surface area contributed by atoms with Crippen LogP contribution in [-0.4, -0.2) is 30.1 Å². The number of likely N-dealkylation sites (tertiary alicyclic amines) is 1. The molecule has 1 fully saturated rings. The fraction of sp³-hybridized carbons (Fsp3) is 0.350. The van der Waals surface area contributed by atoms with Crippen LogP contribution in [0.25, 0.3) is 0 Å². The molecule has 2 aromatic carbocycles. The lowest BCUT2D eigenvalue weighted by molar-refractivity contribution is 0.0104. The van der Waals surface area contributed by atoms with Crippen LogP contribution in [0.15, 0.2) is 54.6 Å². The smallest absolute Gasteiger partial charge is 0.338 e. The van der Waals surface area contributed by atoms with Gasteiger partial charge in [-0.1, -0.05) is 48.0 Å². The van der Waals surface area contributed by atoms with Crippen molar-refractivity contribution in [2.75, 3.05) is 13.1 Å². The molecule has 0 atom stereocenters. The first-order chi connectivity index (χ1) is 11.2. The van der Waals surface area contributed by atoms with Gasteiger partial charge in [-0.15, -0.1) is 0 Å². The first-order valence-corrected chi connectivity index (χ1v) is 8.24. The summed E-state index contributed by atoms with van der Waals surface area (Å²) in [5.74, 6) is -0.199. The summed E-state index contributed by atoms with van der Waals surface area (Å²) in [5.41, 5.74) is 3.07. The minimum Gasteiger partial charge on any atom is -0.459 e. The third-order valence-electron chi connectivity index (χ3n) is 4.31. The van der Waals surface area contributed by atoms with E-state index < -0.39 is 0 Å². The Balaban J connectivity index is 1.48. The van der Waals surface area contributed by atoms with Crippen LogP contribution in [-0.2, 0) is 11.3 Å². The fourth-order valence-electron chi connectivity index (χ4n) is 3.02. The standard InChI is InChI=1S/C20H23NO2/c1-16-6-5-9-18(14-16)20(22)23-19-10-12-21(13-11-19)15-17-7-3-2-4-8-17/h2-9,14,19H,10-13,15H2,1H3. The van der Waals surface area contributed by atoms with Crippen molar-refractivity contribution in [2.24, 2.45) is 0 Å². The fourth-order valence-corrected chi connectivity index (χ4v) is 3.02. The van der Waals surface area contributed by atoms with E-state index in [0.717, 1.165) is 38.0 Å². The summed E-state index contributed by atoms with van der Waals surface area (Å²) in [4.78, 5) is 14.6. The summed E-state index contributed by atoms with van der Waals surface area (Å²) in [7, 11) is 0. The number of ether oxygens (including phenoxy) is 1. The van der Waals surface area contributed by atoms with E-state index in [9.17, 15) is 4.79 Å². The minimum atomic E-state index is -0.199. The van der Waals surface area contributed by atoms with Crippen LogP contribution in [0.4, 0.5) is 0 Å². The van der Waals surface area contributed by atoms with Crippen molar-refractivity contribution in [1.82, 2.24) is 4.90 Å². The minimum absolute atomic E-state index is 0.0371. The van der Waals surface area contributed by atoms with Gasteiger partial charge in [-0.2, -0.15) is 0 Å². The summed E-state index contributed by atoms with van der Waals surface area (Å²) in [5, 5.41) is 0. The molecule has 0 unspecified atom stereocenters. The SMILES string of the molecule is Cc1cccc(C(=O)OC2CCN(Cc3ccccc3)CC2)c1. The van der Waals surface area contributed by atoms with Gasteiger partial charge in [0, 0.05) is 19.6 Å². The maximum Gasteiger partial charge on any atom is 0.338 e. The van der Waals surface area contributed by atoms with Crippen LogP contribution < -0.4 is 0 Å². The van der Waals surface area contributed by atoms with E-state index in [1.807, 2.05) is 37.3 Å². The Morgan fingerprint density at radius 2 is 1.83 bits per heavy atom. The van der Waals surface area contributed by atoms with Crippen LogP contribution in [0.1, 0.15) is 34.3 Å². The third kappa shape index (κ3) is 4.42. The topological polar surface area (TPSA) is 29.5 Å². The monoisotopic (exact) mass is 309 g/mol. The molecule has 1 saturated heterocycles. The molecule has 23 heavy (non-hydrogen) atoms. The largest absolute Gasteiger partial charge is 0.459 e. The number of benzene rings is 2. The molecule has 1 heterocycles. The molecule has 3 rings (SSSR count). The summed E-state index contributed by atoms with van der Waals surface area (Å²) in [6.45, 7) is 4.90. The normalized spacial score (nSPS) is 16.2. The van der Waals surface area contributed by atoms with Crippen LogP contribution in [0.5, 0.6) is 0 Å². The number of hydrogen-bond donors (Lipinski definition) is 0. The van der Waals surface area contributed by atoms with Gasteiger partial charge in [-0.05, 0) is 37.5 Å². The third-order valence-corrected chi connectivity index (χ3v) is 4.31. The van der Waals surface area contributed by atoms with Gasteiger partial charge in [-0.25, -0.2) is 4.79 Å². The highest BCUT2D eigenvalue weighted by molar-refractivity contribution is 5.89. The lowest BCUT2D eigenvalue weighted by atomic mass is 10.1. The number of hydrogen-bond acceptors (Lipinski definition) is 3. The highest BCUT2D eigenvalue weighted by atomic mass is 16.5. The lowest BCUT2D eigenvalue weighted by Crippen LogP contribution is -2.37. The van der Waals surface area contributed by atoms with Crippen molar-refractivity contribution < 1.29 is 9.53 Å². The molecule has 0 amide bonds. The van der Waals surface area contributed by atoms with Gasteiger partial charge >= 0.3 is 5.97 Å². The molecule has 0 radical (unpaired) electrons. The van der Waals surface area contributed by atoms with Crippen molar-refractivity contribution in [2.45, 2.75) is 32.4 Å². The van der Waals surface area contributed by atoms with Crippen molar-refractivity contribution in [3.63, 3.8) is 0 Å². The summed E-state index contributed by atoms with van der Waals surface area (Å²) < 4.78 is 5.67. The van der Waals surface area contributed by atoms with E-state index in [4.69, 9.17) is 4.74 Å². The quantitative estimate of drug-likeness (QED) is 0.804. The summed E-state index contributed by atoms with van der Waals surface area (Å²) in [6, 6.07) is 18.1. The number of rotatable bonds is 4. The van der Waals surface area contributed by atoms with Crippen LogP contribution in [0.3, 0.4) is 0 Å². The van der Waals surface area contributed by atoms with Crippen molar-refractivity contribution in [3.8, 4) is 0 Å². The highest BCUT2D eigenvalue weighted by Crippen LogP contribution is 2.18. The number of piperidine rings is 1. The molecule has 0 spiro atoms. The summed E-state index contributed by atoms with van der Waals surface area (Å²) >= 11 is 0. The molecule has 2 aromatic rings. The number of nitrogens with zero attached hydrogens (tertiary/aromatic N) is 1. The Kier molecular flexibility index (Phi) is 5.09. The van der Waals surface area contributed by atoms with Crippen LogP contribution >= 0.6 is 0 Å². The molecule has 1 aliphatic heterocycles. The number of carbonyl (C=O) groups is 1. The zero-order chi connectivity index (χ0) is 16.1. The molecule has 1 aliphatic rings. The van der Waals surface area contributed by atoms with Crippen LogP contribution in [0, 0.1) is 6.92 Å². The molecule has 0 saturated carbocycles. The predicted molar refractivity (Wildman–Crippen MR) is 91.3 cm³/mol. The zero-order valence-electron chi connectivity index (χ0n) is 13.6. The van der Waals surface area contributed by atoms with E-state index in [0.29, 0.717) is 5.56 Å². The molecule has 0 N–H and O–H groups in total. The molecular formula is C20H23NO2. The molecule has 120 valence electrons. The second-order valence-corrected chi connectivity index (χ2v) is 6.24. The Bertz CT molecular complexity index is 646. The second-order valence-electron chi connectivity index (χ2n) is 6.24. The van der Waals surface area contributed by atoms with E-state index >= 15 is 0 Å². The van der Waals surface area contributed by atoms with Gasteiger partial charge in [0.15, 0.2) is 0 Å². The Hall–Kier alpha value is -2.13. The molecular weight excluding hydrogens is 286 g/mol. The highest BCUT2D eigenvalue weighted by Gasteiger charge is 2.22. The predicted octanol–water partition coefficient (Wildman–Crippen LogP) is 3.82. The van der Waals surface area contributed by atoms with Gasteiger partial charge in [0.05, 0.1) is 5.56 Å². The maximum absolute atomic E-state index is 12.2. The van der Waals surface area contributed by atoms with Crippen LogP contribution in [0.2, 0.25) is 0 Å². The molecule has 3 heteroatoms. The Labute approximate surface area is 137 Å². The zero-order valence-corrected chi connectivity index (χ0v) is 13.6. The number of aryl methyl sites for hydroxylation is 1. The molecule has 0 bridgehead atoms. The van der Waals surface area contributed by atoms with E-state index in [1.54, 1.807) is 0 Å². The average Bonchev–Trinajstić information content (AvgIpc) is 2.57. The number of esters is 1. The Morgan fingerprint density at radius 1 is 1.09 bits per heavy atom. The van der Waals surface area contributed by atoms with E-state index in [2.05, 4.69) is 29.2 Å². The van der Waals surface area contributed by atoms with Gasteiger partial charge in [0.1, 0.15) is 6.10 Å². The van der Waals surface area contributed by atoms with E-state index in [1.165, 1.54) is 5.56 Å². The molecule has 3 nitrogen and oxygen atoms in total. The summed E-state index contributed by atoms with van der Waals surface area (Å²) in [6.07, 6.45) is 1.85. The number of carbonyl (C=O) groups excluding carboxylic acids is 1. The van der Waals surface area contributed by atoms with Crippen molar-refractivity contribution >= 4 is 5.97 Å². The maximum atomic E-state index is 12.2. The van der Waals surface area contributed by atoms with Gasteiger partial charge in [-0.3, -0.25) is 4.90 Å². The second kappa shape index (κ2) is 7.42. The van der Waals surface area contributed by atoms with E-state index in [-0.39, 0.29) is 12.1 Å². The molecule has 0 aliphatic carbocycles. The van der Waals surface area contributed by atoms with Gasteiger partial charge in [0.2, 0.25) is 0 Å². The lowest BCUT2D eigenvalue weighted by Gasteiger charge is -2.31.